The molecule has 0 saturated heterocycles. The molecule has 1 aliphatic heterocycles. The predicted octanol–water partition coefficient (Wildman–Crippen LogP) is 5.17. The van der Waals surface area contributed by atoms with Crippen LogP contribution in [0.3, 0.4) is 0 Å². The Morgan fingerprint density at radius 3 is 2.38 bits per heavy atom. The fraction of sp³-hybridized carbons (Fsp3) is 0.360. The van der Waals surface area contributed by atoms with Gasteiger partial charge in [-0.05, 0) is 37.0 Å². The van der Waals surface area contributed by atoms with Crippen molar-refractivity contribution >= 4 is 17.4 Å². The summed E-state index contributed by atoms with van der Waals surface area (Å²) in [4.78, 5) is 28.5. The molecule has 2 aliphatic rings. The van der Waals surface area contributed by atoms with E-state index in [-0.39, 0.29) is 29.4 Å². The topological polar surface area (TPSA) is 46.6 Å². The number of hydrogen-bond donors (Lipinski definition) is 0. The number of hydrogen-bond acceptors (Lipinski definition) is 3. The fourth-order valence-corrected chi connectivity index (χ4v) is 4.63. The first kappa shape index (κ1) is 19.4. The van der Waals surface area contributed by atoms with Crippen LogP contribution in [0.1, 0.15) is 50.2 Å². The number of benzene rings is 2. The summed E-state index contributed by atoms with van der Waals surface area (Å²) in [5, 5.41) is 0. The van der Waals surface area contributed by atoms with E-state index in [0.29, 0.717) is 12.8 Å². The Kier molecular flexibility index (Phi) is 4.81. The van der Waals surface area contributed by atoms with Gasteiger partial charge in [-0.1, -0.05) is 49.7 Å². The Bertz CT molecular complexity index is 1000. The van der Waals surface area contributed by atoms with Crippen LogP contribution in [0.15, 0.2) is 59.8 Å². The summed E-state index contributed by atoms with van der Waals surface area (Å²) < 4.78 is 5.56. The molecule has 1 heterocycles. The maximum absolute atomic E-state index is 13.4. The average Bonchev–Trinajstić information content (AvgIpc) is 2.67. The van der Waals surface area contributed by atoms with Crippen molar-refractivity contribution in [3.8, 4) is 5.75 Å². The summed E-state index contributed by atoms with van der Waals surface area (Å²) >= 11 is 0. The maximum atomic E-state index is 13.4. The SMILES string of the molecule is COc1ccccc1C1CC(=O)N(c2ccc(C)cc2)C2=C1C(=O)CC(C)(C)C2. The highest BCUT2D eigenvalue weighted by atomic mass is 16.5. The van der Waals surface area contributed by atoms with E-state index in [1.54, 1.807) is 12.0 Å². The van der Waals surface area contributed by atoms with Gasteiger partial charge in [0.1, 0.15) is 5.75 Å². The van der Waals surface area contributed by atoms with Crippen molar-refractivity contribution in [1.29, 1.82) is 0 Å². The molecule has 4 rings (SSSR count). The number of methoxy groups -OCH3 is 1. The third-order valence-corrected chi connectivity index (χ3v) is 5.95. The first-order valence-corrected chi connectivity index (χ1v) is 10.1. The van der Waals surface area contributed by atoms with Gasteiger partial charge in [0.05, 0.1) is 7.11 Å². The molecule has 0 aromatic heterocycles. The van der Waals surface area contributed by atoms with Crippen molar-refractivity contribution in [2.45, 2.75) is 46.0 Å². The van der Waals surface area contributed by atoms with Crippen LogP contribution in [0.2, 0.25) is 0 Å². The molecule has 29 heavy (non-hydrogen) atoms. The number of ether oxygens (including phenoxy) is 1. The van der Waals surface area contributed by atoms with Crippen LogP contribution in [-0.2, 0) is 9.59 Å². The number of aryl methyl sites for hydroxylation is 1. The van der Waals surface area contributed by atoms with Crippen LogP contribution in [-0.4, -0.2) is 18.8 Å². The lowest BCUT2D eigenvalue weighted by atomic mass is 9.69. The Hall–Kier alpha value is -2.88. The molecule has 1 unspecified atom stereocenters. The van der Waals surface area contributed by atoms with E-state index in [9.17, 15) is 9.59 Å². The standard InChI is InChI=1S/C25H27NO3/c1-16-9-11-17(12-10-16)26-20-14-25(2,3)15-21(27)24(20)19(13-23(26)28)18-7-5-6-8-22(18)29-4/h5-12,19H,13-15H2,1-4H3. The minimum Gasteiger partial charge on any atom is -0.496 e. The van der Waals surface area contributed by atoms with Gasteiger partial charge < -0.3 is 4.74 Å². The van der Waals surface area contributed by atoms with Gasteiger partial charge in [-0.2, -0.15) is 0 Å². The normalized spacial score (nSPS) is 21.2. The largest absolute Gasteiger partial charge is 0.496 e. The van der Waals surface area contributed by atoms with Gasteiger partial charge in [0.25, 0.3) is 0 Å². The van der Waals surface area contributed by atoms with Gasteiger partial charge in [-0.15, -0.1) is 0 Å². The molecule has 1 atom stereocenters. The number of allylic oxidation sites excluding steroid dienone is 2. The molecule has 1 amide bonds. The molecule has 0 N–H and O–H groups in total. The first-order chi connectivity index (χ1) is 13.8. The number of anilines is 1. The number of para-hydroxylation sites is 1. The van der Waals surface area contributed by atoms with Crippen molar-refractivity contribution < 1.29 is 14.3 Å². The van der Waals surface area contributed by atoms with Gasteiger partial charge >= 0.3 is 0 Å². The van der Waals surface area contributed by atoms with Crippen molar-refractivity contribution in [3.63, 3.8) is 0 Å². The van der Waals surface area contributed by atoms with Crippen molar-refractivity contribution in [3.05, 3.63) is 70.9 Å². The molecule has 150 valence electrons. The molecule has 0 saturated carbocycles. The van der Waals surface area contributed by atoms with Gasteiger partial charge in [-0.25, -0.2) is 0 Å². The van der Waals surface area contributed by atoms with Gasteiger partial charge in [0.15, 0.2) is 5.78 Å². The summed E-state index contributed by atoms with van der Waals surface area (Å²) in [6, 6.07) is 15.6. The second kappa shape index (κ2) is 7.18. The lowest BCUT2D eigenvalue weighted by molar-refractivity contribution is -0.121. The van der Waals surface area contributed by atoms with Crippen LogP contribution >= 0.6 is 0 Å². The number of carbonyl (C=O) groups is 2. The average molecular weight is 389 g/mol. The van der Waals surface area contributed by atoms with Gasteiger partial charge in [0, 0.05) is 41.3 Å². The maximum Gasteiger partial charge on any atom is 0.232 e. The Balaban J connectivity index is 1.91. The predicted molar refractivity (Wildman–Crippen MR) is 114 cm³/mol. The number of ketones is 1. The molecule has 2 aromatic rings. The third kappa shape index (κ3) is 3.48. The molecule has 0 radical (unpaired) electrons. The Morgan fingerprint density at radius 1 is 1.00 bits per heavy atom. The van der Waals surface area contributed by atoms with Crippen molar-refractivity contribution in [2.24, 2.45) is 5.41 Å². The van der Waals surface area contributed by atoms with Crippen molar-refractivity contribution in [2.75, 3.05) is 12.0 Å². The monoisotopic (exact) mass is 389 g/mol. The zero-order valence-corrected chi connectivity index (χ0v) is 17.5. The molecule has 0 fully saturated rings. The van der Waals surface area contributed by atoms with Crippen LogP contribution < -0.4 is 9.64 Å². The van der Waals surface area contributed by atoms with E-state index in [1.165, 1.54) is 0 Å². The van der Waals surface area contributed by atoms with E-state index in [1.807, 2.05) is 55.5 Å². The highest BCUT2D eigenvalue weighted by molar-refractivity contribution is 6.08. The van der Waals surface area contributed by atoms with Gasteiger partial charge in [0.2, 0.25) is 5.91 Å². The van der Waals surface area contributed by atoms with E-state index in [0.717, 1.165) is 33.8 Å². The molecular formula is C25H27NO3. The molecule has 0 bridgehead atoms. The quantitative estimate of drug-likeness (QED) is 0.728. The van der Waals surface area contributed by atoms with E-state index in [4.69, 9.17) is 4.74 Å². The van der Waals surface area contributed by atoms with Crippen LogP contribution in [0, 0.1) is 12.3 Å². The second-order valence-corrected chi connectivity index (χ2v) is 8.86. The fourth-order valence-electron chi connectivity index (χ4n) is 4.63. The molecule has 2 aromatic carbocycles. The summed E-state index contributed by atoms with van der Waals surface area (Å²) in [6.45, 7) is 6.22. The molecular weight excluding hydrogens is 362 g/mol. The highest BCUT2D eigenvalue weighted by Gasteiger charge is 2.44. The summed E-state index contributed by atoms with van der Waals surface area (Å²) in [5.74, 6) is 0.614. The first-order valence-electron chi connectivity index (χ1n) is 10.1. The molecule has 4 heteroatoms. The van der Waals surface area contributed by atoms with E-state index >= 15 is 0 Å². The second-order valence-electron chi connectivity index (χ2n) is 8.86. The van der Waals surface area contributed by atoms with Crippen molar-refractivity contribution in [1.82, 2.24) is 0 Å². The number of Topliss-reactive ketones (excluding diaryl/α,β-unsaturated/α-hetero) is 1. The molecule has 4 nitrogen and oxygen atoms in total. The van der Waals surface area contributed by atoms with Crippen LogP contribution in [0.4, 0.5) is 5.69 Å². The Morgan fingerprint density at radius 2 is 1.69 bits per heavy atom. The minimum atomic E-state index is -0.265. The summed E-state index contributed by atoms with van der Waals surface area (Å²) in [5.41, 5.74) is 4.32. The Labute approximate surface area is 172 Å². The number of rotatable bonds is 3. The lowest BCUT2D eigenvalue weighted by Crippen LogP contribution is -2.43. The third-order valence-electron chi connectivity index (χ3n) is 5.95. The number of carbonyl (C=O) groups excluding carboxylic acids is 2. The van der Waals surface area contributed by atoms with E-state index < -0.39 is 0 Å². The molecule has 1 aliphatic carbocycles. The van der Waals surface area contributed by atoms with Crippen LogP contribution in [0.25, 0.3) is 0 Å². The highest BCUT2D eigenvalue weighted by Crippen LogP contribution is 2.49. The van der Waals surface area contributed by atoms with Crippen LogP contribution in [0.5, 0.6) is 5.75 Å². The van der Waals surface area contributed by atoms with Gasteiger partial charge in [-0.3, -0.25) is 14.5 Å². The van der Waals surface area contributed by atoms with E-state index in [2.05, 4.69) is 13.8 Å². The zero-order valence-electron chi connectivity index (χ0n) is 17.5. The summed E-state index contributed by atoms with van der Waals surface area (Å²) in [6.07, 6.45) is 1.45. The number of nitrogens with zero attached hydrogens (tertiary/aromatic N) is 1. The zero-order chi connectivity index (χ0) is 20.8. The number of amides is 1. The minimum absolute atomic E-state index is 0.0222. The smallest absolute Gasteiger partial charge is 0.232 e. The summed E-state index contributed by atoms with van der Waals surface area (Å²) in [7, 11) is 1.63. The lowest BCUT2D eigenvalue weighted by Gasteiger charge is -2.43. The molecule has 0 spiro atoms.